The lowest BCUT2D eigenvalue weighted by atomic mass is 10.0. The minimum atomic E-state index is -0.134. The van der Waals surface area contributed by atoms with Gasteiger partial charge in [0.15, 0.2) is 0 Å². The Bertz CT molecular complexity index is 773. The van der Waals surface area contributed by atoms with Crippen molar-refractivity contribution in [2.75, 3.05) is 13.1 Å². The summed E-state index contributed by atoms with van der Waals surface area (Å²) in [6, 6.07) is 8.13. The predicted molar refractivity (Wildman–Crippen MR) is 157 cm³/mol. The van der Waals surface area contributed by atoms with Crippen molar-refractivity contribution in [2.45, 2.75) is 116 Å². The Morgan fingerprint density at radius 1 is 0.784 bits per heavy atom. The van der Waals surface area contributed by atoms with E-state index >= 15 is 0 Å². The van der Waals surface area contributed by atoms with E-state index in [4.69, 9.17) is 0 Å². The Labute approximate surface area is 227 Å². The minimum absolute atomic E-state index is 0.0419. The lowest BCUT2D eigenvalue weighted by molar-refractivity contribution is -0.121. The molecular weight excluding hydrogens is 458 g/mol. The van der Waals surface area contributed by atoms with Crippen LogP contribution in [0.3, 0.4) is 0 Å². The summed E-state index contributed by atoms with van der Waals surface area (Å²) in [5.41, 5.74) is 2.99. The van der Waals surface area contributed by atoms with Crippen LogP contribution in [0, 0.1) is 6.92 Å². The van der Waals surface area contributed by atoms with Crippen molar-refractivity contribution in [1.29, 1.82) is 0 Å². The van der Waals surface area contributed by atoms with Crippen LogP contribution in [0.25, 0.3) is 0 Å². The highest BCUT2D eigenvalue weighted by Gasteiger charge is 2.10. The summed E-state index contributed by atoms with van der Waals surface area (Å²) in [4.78, 5) is 24.4. The van der Waals surface area contributed by atoms with E-state index < -0.39 is 0 Å². The van der Waals surface area contributed by atoms with Crippen molar-refractivity contribution in [3.05, 3.63) is 60.3 Å². The molecule has 0 fully saturated rings. The van der Waals surface area contributed by atoms with Gasteiger partial charge < -0.3 is 16.0 Å². The van der Waals surface area contributed by atoms with Gasteiger partial charge in [-0.3, -0.25) is 9.59 Å². The van der Waals surface area contributed by atoms with Crippen LogP contribution in [0.1, 0.15) is 108 Å². The van der Waals surface area contributed by atoms with Crippen LogP contribution in [-0.2, 0) is 16.0 Å². The topological polar surface area (TPSA) is 70.2 Å². The second-order valence-electron chi connectivity index (χ2n) is 10.3. The minimum Gasteiger partial charge on any atom is -0.379 e. The molecule has 2 amide bonds. The van der Waals surface area contributed by atoms with E-state index in [1.165, 1.54) is 76.2 Å². The number of carbonyl (C=O) groups excluding carboxylic acids is 2. The lowest BCUT2D eigenvalue weighted by Crippen LogP contribution is -2.41. The Morgan fingerprint density at radius 2 is 1.32 bits per heavy atom. The Kier molecular flexibility index (Phi) is 18.9. The maximum atomic E-state index is 12.3. The number of unbranched alkanes of at least 4 members (excludes halogenated alkanes) is 12. The summed E-state index contributed by atoms with van der Waals surface area (Å²) in [6.07, 6.45) is 19.9. The molecule has 1 rings (SSSR count). The van der Waals surface area contributed by atoms with Crippen molar-refractivity contribution in [2.24, 2.45) is 0 Å². The quantitative estimate of drug-likeness (QED) is 0.110. The number of aryl methyl sites for hydroxylation is 1. The average Bonchev–Trinajstić information content (AvgIpc) is 2.89. The van der Waals surface area contributed by atoms with Gasteiger partial charge in [0.2, 0.25) is 11.8 Å². The standard InChI is InChI=1S/C32H53N3O2/c1-5-7-8-9-10-11-12-13-14-15-16-17-18-19-31(36)34-25-28(4)33-26-32(37)35-30(6-2)24-29-22-20-27(3)21-23-29/h6,20-23,30,33H,2,4-5,7-19,24-26H2,1,3H3,(H,34,36)(H,35,37)/t30-/m1/s1. The fourth-order valence-electron chi connectivity index (χ4n) is 4.29. The molecule has 0 aliphatic carbocycles. The largest absolute Gasteiger partial charge is 0.379 e. The molecule has 3 N–H and O–H groups in total. The smallest absolute Gasteiger partial charge is 0.239 e. The maximum absolute atomic E-state index is 12.3. The molecule has 0 bridgehead atoms. The average molecular weight is 512 g/mol. The van der Waals surface area contributed by atoms with E-state index in [9.17, 15) is 9.59 Å². The zero-order valence-electron chi connectivity index (χ0n) is 23.7. The van der Waals surface area contributed by atoms with Crippen molar-refractivity contribution in [3.8, 4) is 0 Å². The fraction of sp³-hybridized carbons (Fsp3) is 0.625. The van der Waals surface area contributed by atoms with Gasteiger partial charge in [-0.2, -0.15) is 0 Å². The summed E-state index contributed by atoms with van der Waals surface area (Å²) in [5, 5.41) is 8.86. The van der Waals surface area contributed by atoms with Gasteiger partial charge in [-0.25, -0.2) is 0 Å². The van der Waals surface area contributed by atoms with E-state index in [0.717, 1.165) is 18.4 Å². The van der Waals surface area contributed by atoms with Crippen LogP contribution in [0.2, 0.25) is 0 Å². The third-order valence-corrected chi connectivity index (χ3v) is 6.71. The first-order valence-electron chi connectivity index (χ1n) is 14.6. The normalized spacial score (nSPS) is 11.5. The van der Waals surface area contributed by atoms with E-state index in [0.29, 0.717) is 25.1 Å². The SMILES string of the molecule is C=C[C@H](Cc1ccc(C)cc1)NC(=O)CNC(=C)CNC(=O)CCCCCCCCCCCCCCC. The van der Waals surface area contributed by atoms with E-state index in [1.807, 2.05) is 0 Å². The number of rotatable bonds is 23. The van der Waals surface area contributed by atoms with Gasteiger partial charge in [0.25, 0.3) is 0 Å². The number of carbonyl (C=O) groups is 2. The predicted octanol–water partition coefficient (Wildman–Crippen LogP) is 6.91. The van der Waals surface area contributed by atoms with Crippen molar-refractivity contribution < 1.29 is 9.59 Å². The Morgan fingerprint density at radius 3 is 1.86 bits per heavy atom. The molecule has 208 valence electrons. The molecule has 1 aromatic carbocycles. The number of hydrogen-bond acceptors (Lipinski definition) is 3. The van der Waals surface area contributed by atoms with E-state index in [-0.39, 0.29) is 24.4 Å². The first-order valence-corrected chi connectivity index (χ1v) is 14.6. The molecule has 0 saturated carbocycles. The second kappa shape index (κ2) is 21.5. The summed E-state index contributed by atoms with van der Waals surface area (Å²) >= 11 is 0. The van der Waals surface area contributed by atoms with E-state index in [1.54, 1.807) is 6.08 Å². The summed E-state index contributed by atoms with van der Waals surface area (Å²) in [5.74, 6) is -0.0863. The Balaban J connectivity index is 2.01. The van der Waals surface area contributed by atoms with Crippen LogP contribution >= 0.6 is 0 Å². The highest BCUT2D eigenvalue weighted by Crippen LogP contribution is 2.13. The molecule has 0 radical (unpaired) electrons. The first-order chi connectivity index (χ1) is 17.9. The maximum Gasteiger partial charge on any atom is 0.239 e. The van der Waals surface area contributed by atoms with Gasteiger partial charge >= 0.3 is 0 Å². The van der Waals surface area contributed by atoms with Gasteiger partial charge in [-0.1, -0.05) is 126 Å². The first kappa shape index (κ1) is 32.5. The highest BCUT2D eigenvalue weighted by atomic mass is 16.2. The number of nitrogens with one attached hydrogen (secondary N) is 3. The molecule has 5 heteroatoms. The van der Waals surface area contributed by atoms with E-state index in [2.05, 4.69) is 67.2 Å². The van der Waals surface area contributed by atoms with Gasteiger partial charge in [0.05, 0.1) is 19.1 Å². The second-order valence-corrected chi connectivity index (χ2v) is 10.3. The van der Waals surface area contributed by atoms with Crippen molar-refractivity contribution in [3.63, 3.8) is 0 Å². The molecular formula is C32H53N3O2. The van der Waals surface area contributed by atoms with Crippen LogP contribution in [0.5, 0.6) is 0 Å². The number of benzene rings is 1. The Hall–Kier alpha value is -2.56. The highest BCUT2D eigenvalue weighted by molar-refractivity contribution is 5.79. The molecule has 0 aromatic heterocycles. The molecule has 1 atom stereocenters. The molecule has 0 aliphatic heterocycles. The molecule has 0 spiro atoms. The third kappa shape index (κ3) is 18.4. The van der Waals surface area contributed by atoms with Crippen LogP contribution in [0.4, 0.5) is 0 Å². The molecule has 0 unspecified atom stereocenters. The van der Waals surface area contributed by atoms with Crippen LogP contribution < -0.4 is 16.0 Å². The monoisotopic (exact) mass is 511 g/mol. The van der Waals surface area contributed by atoms with Crippen molar-refractivity contribution >= 4 is 11.8 Å². The summed E-state index contributed by atoms with van der Waals surface area (Å²) in [7, 11) is 0. The van der Waals surface area contributed by atoms with Gasteiger partial charge in [0, 0.05) is 12.1 Å². The fourth-order valence-corrected chi connectivity index (χ4v) is 4.29. The summed E-state index contributed by atoms with van der Waals surface area (Å²) < 4.78 is 0. The zero-order chi connectivity index (χ0) is 27.1. The molecule has 37 heavy (non-hydrogen) atoms. The van der Waals surface area contributed by atoms with Gasteiger partial charge in [-0.05, 0) is 25.3 Å². The molecule has 1 aromatic rings. The van der Waals surface area contributed by atoms with Gasteiger partial charge in [-0.15, -0.1) is 6.58 Å². The third-order valence-electron chi connectivity index (χ3n) is 6.71. The van der Waals surface area contributed by atoms with Crippen molar-refractivity contribution in [1.82, 2.24) is 16.0 Å². The summed E-state index contributed by atoms with van der Waals surface area (Å²) in [6.45, 7) is 12.5. The van der Waals surface area contributed by atoms with Gasteiger partial charge in [0.1, 0.15) is 0 Å². The molecule has 5 nitrogen and oxygen atoms in total. The number of hydrogen-bond donors (Lipinski definition) is 3. The number of amides is 2. The molecule has 0 aliphatic rings. The molecule has 0 saturated heterocycles. The zero-order valence-corrected chi connectivity index (χ0v) is 23.7. The van der Waals surface area contributed by atoms with Crippen LogP contribution in [-0.4, -0.2) is 30.9 Å². The molecule has 0 heterocycles. The lowest BCUT2D eigenvalue weighted by Gasteiger charge is -2.16. The van der Waals surface area contributed by atoms with Crippen LogP contribution in [0.15, 0.2) is 49.2 Å².